The second-order valence-corrected chi connectivity index (χ2v) is 4.35. The van der Waals surface area contributed by atoms with Crippen LogP contribution >= 0.6 is 0 Å². The first-order valence-electron chi connectivity index (χ1n) is 5.67. The number of carboxylic acid groups (broad SMARTS) is 1. The molecule has 0 saturated heterocycles. The Kier molecular flexibility index (Phi) is 4.83. The van der Waals surface area contributed by atoms with Crippen molar-refractivity contribution >= 4 is 11.7 Å². The van der Waals surface area contributed by atoms with Crippen molar-refractivity contribution in [3.63, 3.8) is 0 Å². The zero-order valence-corrected chi connectivity index (χ0v) is 9.86. The van der Waals surface area contributed by atoms with E-state index in [1.54, 1.807) is 18.2 Å². The van der Waals surface area contributed by atoms with Crippen molar-refractivity contribution in [3.8, 4) is 0 Å². The van der Waals surface area contributed by atoms with Gasteiger partial charge in [0.1, 0.15) is 0 Å². The van der Waals surface area contributed by atoms with Crippen LogP contribution in [0.4, 0.5) is 5.69 Å². The first-order valence-corrected chi connectivity index (χ1v) is 5.67. The molecule has 1 aromatic rings. The van der Waals surface area contributed by atoms with Gasteiger partial charge in [0.2, 0.25) is 0 Å². The summed E-state index contributed by atoms with van der Waals surface area (Å²) in [6.07, 6.45) is 2.29. The molecule has 0 aliphatic heterocycles. The number of hydrogen-bond acceptors (Lipinski definition) is 2. The first-order chi connectivity index (χ1) is 7.59. The first kappa shape index (κ1) is 12.6. The van der Waals surface area contributed by atoms with E-state index in [1.807, 2.05) is 6.07 Å². The summed E-state index contributed by atoms with van der Waals surface area (Å²) in [5.74, 6) is -0.169. The van der Waals surface area contributed by atoms with Gasteiger partial charge in [0, 0.05) is 12.2 Å². The molecule has 0 unspecified atom stereocenters. The minimum absolute atomic E-state index is 0.328. The summed E-state index contributed by atoms with van der Waals surface area (Å²) in [6.45, 7) is 5.29. The summed E-state index contributed by atoms with van der Waals surface area (Å²) in [5, 5.41) is 12.1. The lowest BCUT2D eigenvalue weighted by atomic mass is 10.1. The van der Waals surface area contributed by atoms with Crippen LogP contribution in [-0.4, -0.2) is 17.6 Å². The molecule has 0 bridgehead atoms. The molecule has 0 saturated carbocycles. The molecule has 0 aliphatic rings. The van der Waals surface area contributed by atoms with E-state index in [2.05, 4.69) is 19.2 Å². The smallest absolute Gasteiger partial charge is 0.335 e. The Labute approximate surface area is 96.5 Å². The zero-order chi connectivity index (χ0) is 12.0. The minimum Gasteiger partial charge on any atom is -0.478 e. The molecule has 3 nitrogen and oxygen atoms in total. The van der Waals surface area contributed by atoms with Crippen molar-refractivity contribution in [2.45, 2.75) is 26.7 Å². The average Bonchev–Trinajstić information content (AvgIpc) is 2.24. The molecular formula is C13H19NO2. The lowest BCUT2D eigenvalue weighted by Crippen LogP contribution is -2.04. The highest BCUT2D eigenvalue weighted by molar-refractivity contribution is 5.88. The fourth-order valence-corrected chi connectivity index (χ4v) is 1.51. The highest BCUT2D eigenvalue weighted by Gasteiger charge is 2.02. The predicted molar refractivity (Wildman–Crippen MR) is 66.0 cm³/mol. The van der Waals surface area contributed by atoms with E-state index < -0.39 is 5.97 Å². The van der Waals surface area contributed by atoms with Gasteiger partial charge in [-0.3, -0.25) is 0 Å². The van der Waals surface area contributed by atoms with Gasteiger partial charge >= 0.3 is 5.97 Å². The number of carboxylic acids is 1. The molecule has 2 N–H and O–H groups in total. The highest BCUT2D eigenvalue weighted by Crippen LogP contribution is 2.11. The number of nitrogens with one attached hydrogen (secondary N) is 1. The summed E-state index contributed by atoms with van der Waals surface area (Å²) in [5.41, 5.74) is 1.21. The van der Waals surface area contributed by atoms with Crippen LogP contribution in [0.5, 0.6) is 0 Å². The normalized spacial score (nSPS) is 10.4. The van der Waals surface area contributed by atoms with Gasteiger partial charge in [-0.15, -0.1) is 0 Å². The van der Waals surface area contributed by atoms with Crippen LogP contribution in [0, 0.1) is 5.92 Å². The van der Waals surface area contributed by atoms with Crippen molar-refractivity contribution in [1.82, 2.24) is 0 Å². The van der Waals surface area contributed by atoms with Gasteiger partial charge in [0.05, 0.1) is 5.56 Å². The number of rotatable bonds is 6. The van der Waals surface area contributed by atoms with Gasteiger partial charge < -0.3 is 10.4 Å². The van der Waals surface area contributed by atoms with Crippen LogP contribution in [-0.2, 0) is 0 Å². The standard InChI is InChI=1S/C13H19NO2/c1-10(2)5-4-8-14-12-7-3-6-11(9-12)13(15)16/h3,6-7,9-10,14H,4-5,8H2,1-2H3,(H,15,16). The number of hydrogen-bond donors (Lipinski definition) is 2. The Morgan fingerprint density at radius 1 is 1.44 bits per heavy atom. The molecule has 0 amide bonds. The summed E-state index contributed by atoms with van der Waals surface area (Å²) in [7, 11) is 0. The van der Waals surface area contributed by atoms with Crippen LogP contribution in [0.25, 0.3) is 0 Å². The monoisotopic (exact) mass is 221 g/mol. The van der Waals surface area contributed by atoms with Crippen LogP contribution in [0.1, 0.15) is 37.0 Å². The molecule has 3 heteroatoms. The van der Waals surface area contributed by atoms with Crippen LogP contribution in [0.3, 0.4) is 0 Å². The molecule has 0 aromatic heterocycles. The second-order valence-electron chi connectivity index (χ2n) is 4.35. The quantitative estimate of drug-likeness (QED) is 0.725. The zero-order valence-electron chi connectivity index (χ0n) is 9.86. The van der Waals surface area contributed by atoms with Gasteiger partial charge in [-0.25, -0.2) is 4.79 Å². The molecule has 88 valence electrons. The molecule has 0 spiro atoms. The topological polar surface area (TPSA) is 49.3 Å². The maximum absolute atomic E-state index is 10.7. The molecule has 0 radical (unpaired) electrons. The van der Waals surface area contributed by atoms with E-state index in [4.69, 9.17) is 5.11 Å². The van der Waals surface area contributed by atoms with E-state index in [-0.39, 0.29) is 0 Å². The van der Waals surface area contributed by atoms with E-state index in [0.29, 0.717) is 11.5 Å². The fourth-order valence-electron chi connectivity index (χ4n) is 1.51. The number of benzene rings is 1. The second kappa shape index (κ2) is 6.16. The number of aromatic carboxylic acids is 1. The molecule has 0 heterocycles. The molecule has 1 rings (SSSR count). The van der Waals surface area contributed by atoms with Crippen molar-refractivity contribution in [3.05, 3.63) is 29.8 Å². The van der Waals surface area contributed by atoms with Crippen molar-refractivity contribution in [1.29, 1.82) is 0 Å². The number of anilines is 1. The maximum Gasteiger partial charge on any atom is 0.335 e. The summed E-state index contributed by atoms with van der Waals surface area (Å²) in [4.78, 5) is 10.7. The summed E-state index contributed by atoms with van der Waals surface area (Å²) in [6, 6.07) is 6.91. The SMILES string of the molecule is CC(C)CCCNc1cccc(C(=O)O)c1. The van der Waals surface area contributed by atoms with Crippen molar-refractivity contribution < 1.29 is 9.90 Å². The number of carbonyl (C=O) groups is 1. The average molecular weight is 221 g/mol. The third kappa shape index (κ3) is 4.34. The third-order valence-corrected chi connectivity index (χ3v) is 2.40. The molecule has 1 aromatic carbocycles. The van der Waals surface area contributed by atoms with Crippen LogP contribution in [0.2, 0.25) is 0 Å². The third-order valence-electron chi connectivity index (χ3n) is 2.40. The summed E-state index contributed by atoms with van der Waals surface area (Å²) < 4.78 is 0. The summed E-state index contributed by atoms with van der Waals surface area (Å²) >= 11 is 0. The largest absolute Gasteiger partial charge is 0.478 e. The molecular weight excluding hydrogens is 202 g/mol. The minimum atomic E-state index is -0.883. The van der Waals surface area contributed by atoms with Crippen molar-refractivity contribution in [2.75, 3.05) is 11.9 Å². The van der Waals surface area contributed by atoms with Gasteiger partial charge in [-0.1, -0.05) is 19.9 Å². The van der Waals surface area contributed by atoms with Gasteiger partial charge in [0.25, 0.3) is 0 Å². The Bertz CT molecular complexity index is 348. The van der Waals surface area contributed by atoms with Gasteiger partial charge in [0.15, 0.2) is 0 Å². The Morgan fingerprint density at radius 2 is 2.19 bits per heavy atom. The van der Waals surface area contributed by atoms with E-state index in [1.165, 1.54) is 6.42 Å². The Hall–Kier alpha value is -1.51. The van der Waals surface area contributed by atoms with E-state index in [9.17, 15) is 4.79 Å². The molecule has 0 atom stereocenters. The van der Waals surface area contributed by atoms with E-state index in [0.717, 1.165) is 18.7 Å². The lowest BCUT2D eigenvalue weighted by Gasteiger charge is -2.08. The molecule has 0 fully saturated rings. The van der Waals surface area contributed by atoms with Gasteiger partial charge in [-0.05, 0) is 37.0 Å². The molecule has 16 heavy (non-hydrogen) atoms. The maximum atomic E-state index is 10.7. The Morgan fingerprint density at radius 3 is 2.81 bits per heavy atom. The Balaban J connectivity index is 2.42. The predicted octanol–water partition coefficient (Wildman–Crippen LogP) is 3.23. The van der Waals surface area contributed by atoms with Crippen molar-refractivity contribution in [2.24, 2.45) is 5.92 Å². The lowest BCUT2D eigenvalue weighted by molar-refractivity contribution is 0.0697. The van der Waals surface area contributed by atoms with Crippen LogP contribution < -0.4 is 5.32 Å². The fraction of sp³-hybridized carbons (Fsp3) is 0.462. The van der Waals surface area contributed by atoms with Gasteiger partial charge in [-0.2, -0.15) is 0 Å². The highest BCUT2D eigenvalue weighted by atomic mass is 16.4. The molecule has 0 aliphatic carbocycles. The van der Waals surface area contributed by atoms with E-state index >= 15 is 0 Å². The van der Waals surface area contributed by atoms with Crippen LogP contribution in [0.15, 0.2) is 24.3 Å².